The normalized spacial score (nSPS) is 17.1. The molecule has 0 saturated carbocycles. The van der Waals surface area contributed by atoms with Crippen LogP contribution in [0.3, 0.4) is 0 Å². The van der Waals surface area contributed by atoms with Crippen LogP contribution < -0.4 is 5.32 Å². The topological polar surface area (TPSA) is 58.1 Å². The number of carbonyl (C=O) groups excluding carboxylic acids is 1. The van der Waals surface area contributed by atoms with Crippen molar-refractivity contribution in [2.24, 2.45) is 0 Å². The molecule has 2 heterocycles. The molecule has 1 unspecified atom stereocenters. The maximum absolute atomic E-state index is 12.8. The molecule has 0 spiro atoms. The summed E-state index contributed by atoms with van der Waals surface area (Å²) in [7, 11) is 0. The van der Waals surface area contributed by atoms with Crippen LogP contribution in [-0.4, -0.2) is 33.4 Å². The van der Waals surface area contributed by atoms with Crippen LogP contribution >= 0.6 is 0 Å². The van der Waals surface area contributed by atoms with Gasteiger partial charge in [-0.15, -0.1) is 0 Å². The fraction of sp³-hybridized carbons (Fsp3) is 0.286. The Morgan fingerprint density at radius 3 is 2.73 bits per heavy atom. The summed E-state index contributed by atoms with van der Waals surface area (Å²) in [5.74, 6) is 0.860. The zero-order valence-corrected chi connectivity index (χ0v) is 15.1. The Bertz CT molecular complexity index is 952. The quantitative estimate of drug-likeness (QED) is 0.786. The molecule has 3 aromatic rings. The molecule has 1 fully saturated rings. The van der Waals surface area contributed by atoms with Crippen molar-refractivity contribution in [1.82, 2.24) is 14.9 Å². The first-order chi connectivity index (χ1) is 12.6. The number of likely N-dealkylation sites (tertiary alicyclic amines) is 1. The van der Waals surface area contributed by atoms with Crippen molar-refractivity contribution in [2.75, 3.05) is 11.9 Å². The van der Waals surface area contributed by atoms with E-state index in [4.69, 9.17) is 0 Å². The van der Waals surface area contributed by atoms with Crippen molar-refractivity contribution < 1.29 is 4.79 Å². The lowest BCUT2D eigenvalue weighted by Gasteiger charge is -2.18. The summed E-state index contributed by atoms with van der Waals surface area (Å²) in [5, 5.41) is 4.30. The van der Waals surface area contributed by atoms with Crippen LogP contribution in [0, 0.1) is 13.8 Å². The van der Waals surface area contributed by atoms with E-state index >= 15 is 0 Å². The molecule has 1 aromatic heterocycles. The van der Waals surface area contributed by atoms with E-state index in [1.807, 2.05) is 30.0 Å². The van der Waals surface area contributed by atoms with Gasteiger partial charge < -0.3 is 10.2 Å². The average molecular weight is 346 g/mol. The Morgan fingerprint density at radius 2 is 1.92 bits per heavy atom. The average Bonchev–Trinajstić information content (AvgIpc) is 2.98. The van der Waals surface area contributed by atoms with Gasteiger partial charge in [0.1, 0.15) is 18.2 Å². The summed E-state index contributed by atoms with van der Waals surface area (Å²) in [6, 6.07) is 14.1. The van der Waals surface area contributed by atoms with Crippen LogP contribution in [0.25, 0.3) is 10.9 Å². The monoisotopic (exact) mass is 346 g/mol. The van der Waals surface area contributed by atoms with E-state index in [0.717, 1.165) is 40.8 Å². The minimum absolute atomic E-state index is 0.130. The van der Waals surface area contributed by atoms with Gasteiger partial charge in [-0.2, -0.15) is 0 Å². The van der Waals surface area contributed by atoms with Crippen LogP contribution in [0.1, 0.15) is 23.1 Å². The molecule has 0 radical (unpaired) electrons. The number of hydrogen-bond donors (Lipinski definition) is 1. The number of nitrogens with zero attached hydrogens (tertiary/aromatic N) is 3. The van der Waals surface area contributed by atoms with Crippen LogP contribution in [0.2, 0.25) is 0 Å². The van der Waals surface area contributed by atoms with Gasteiger partial charge in [0.05, 0.1) is 5.52 Å². The molecule has 26 heavy (non-hydrogen) atoms. The molecular weight excluding hydrogens is 324 g/mol. The number of carbonyl (C=O) groups is 1. The van der Waals surface area contributed by atoms with E-state index in [9.17, 15) is 4.79 Å². The minimum Gasteiger partial charge on any atom is -0.358 e. The number of fused-ring (bicyclic) bond motifs is 1. The minimum atomic E-state index is -0.237. The first kappa shape index (κ1) is 16.5. The molecule has 132 valence electrons. The molecular formula is C21H22N4O. The third kappa shape index (κ3) is 3.12. The van der Waals surface area contributed by atoms with Gasteiger partial charge in [-0.3, -0.25) is 4.79 Å². The molecule has 0 bridgehead atoms. The Labute approximate surface area is 153 Å². The first-order valence-corrected chi connectivity index (χ1v) is 8.93. The molecule has 0 aliphatic carbocycles. The number of hydrogen-bond acceptors (Lipinski definition) is 4. The van der Waals surface area contributed by atoms with E-state index in [-0.39, 0.29) is 11.9 Å². The van der Waals surface area contributed by atoms with Crippen molar-refractivity contribution in [3.8, 4) is 0 Å². The number of nitrogens with one attached hydrogen (secondary N) is 1. The van der Waals surface area contributed by atoms with Crippen molar-refractivity contribution in [3.63, 3.8) is 0 Å². The van der Waals surface area contributed by atoms with Crippen molar-refractivity contribution >= 4 is 22.6 Å². The standard InChI is InChI=1S/C21H22N4O/c1-14-6-8-16(9-7-14)12-25-11-10-18(21(25)26)24-20-17-5-3-4-15(2)19(17)22-13-23-20/h3-9,13,18H,10-12H2,1-2H3,(H,22,23,24). The second-order valence-corrected chi connectivity index (χ2v) is 6.92. The second-order valence-electron chi connectivity index (χ2n) is 6.92. The van der Waals surface area contributed by atoms with Crippen LogP contribution in [-0.2, 0) is 11.3 Å². The molecule has 5 nitrogen and oxygen atoms in total. The lowest BCUT2D eigenvalue weighted by Crippen LogP contribution is -2.33. The fourth-order valence-corrected chi connectivity index (χ4v) is 3.46. The maximum atomic E-state index is 12.8. The van der Waals surface area contributed by atoms with Gasteiger partial charge in [0.15, 0.2) is 0 Å². The third-order valence-electron chi connectivity index (χ3n) is 4.97. The number of anilines is 1. The molecule has 1 amide bonds. The number of para-hydroxylation sites is 1. The maximum Gasteiger partial charge on any atom is 0.245 e. The van der Waals surface area contributed by atoms with Gasteiger partial charge in [0, 0.05) is 18.5 Å². The van der Waals surface area contributed by atoms with E-state index in [0.29, 0.717) is 6.54 Å². The van der Waals surface area contributed by atoms with Crippen LogP contribution in [0.4, 0.5) is 5.82 Å². The molecule has 5 heteroatoms. The predicted octanol–water partition coefficient (Wildman–Crippen LogP) is 3.46. The number of aromatic nitrogens is 2. The Hall–Kier alpha value is -2.95. The highest BCUT2D eigenvalue weighted by molar-refractivity contribution is 5.94. The summed E-state index contributed by atoms with van der Waals surface area (Å²) < 4.78 is 0. The number of benzene rings is 2. The highest BCUT2D eigenvalue weighted by atomic mass is 16.2. The number of rotatable bonds is 4. The van der Waals surface area contributed by atoms with E-state index in [1.54, 1.807) is 6.33 Å². The number of aryl methyl sites for hydroxylation is 2. The van der Waals surface area contributed by atoms with Gasteiger partial charge in [0.2, 0.25) is 5.91 Å². The van der Waals surface area contributed by atoms with Gasteiger partial charge >= 0.3 is 0 Å². The Morgan fingerprint density at radius 1 is 1.12 bits per heavy atom. The molecule has 4 rings (SSSR count). The van der Waals surface area contributed by atoms with Gasteiger partial charge in [-0.05, 0) is 37.5 Å². The largest absolute Gasteiger partial charge is 0.358 e. The second kappa shape index (κ2) is 6.75. The van der Waals surface area contributed by atoms with Gasteiger partial charge in [0.25, 0.3) is 0 Å². The summed E-state index contributed by atoms with van der Waals surface area (Å²) in [5.41, 5.74) is 4.42. The Kier molecular flexibility index (Phi) is 4.29. The Balaban J connectivity index is 1.51. The summed E-state index contributed by atoms with van der Waals surface area (Å²) in [4.78, 5) is 23.5. The molecule has 1 saturated heterocycles. The summed E-state index contributed by atoms with van der Waals surface area (Å²) in [6.45, 7) is 5.51. The predicted molar refractivity (Wildman–Crippen MR) is 103 cm³/mol. The van der Waals surface area contributed by atoms with E-state index < -0.39 is 0 Å². The molecule has 1 aliphatic rings. The van der Waals surface area contributed by atoms with Gasteiger partial charge in [-0.25, -0.2) is 9.97 Å². The third-order valence-corrected chi connectivity index (χ3v) is 4.97. The van der Waals surface area contributed by atoms with E-state index in [2.05, 4.69) is 46.5 Å². The first-order valence-electron chi connectivity index (χ1n) is 8.93. The lowest BCUT2D eigenvalue weighted by atomic mass is 10.1. The summed E-state index contributed by atoms with van der Waals surface area (Å²) in [6.07, 6.45) is 2.34. The summed E-state index contributed by atoms with van der Waals surface area (Å²) >= 11 is 0. The lowest BCUT2D eigenvalue weighted by molar-refractivity contribution is -0.128. The zero-order chi connectivity index (χ0) is 18.1. The van der Waals surface area contributed by atoms with Crippen molar-refractivity contribution in [2.45, 2.75) is 32.9 Å². The zero-order valence-electron chi connectivity index (χ0n) is 15.1. The van der Waals surface area contributed by atoms with Crippen molar-refractivity contribution in [3.05, 3.63) is 65.5 Å². The van der Waals surface area contributed by atoms with Crippen molar-refractivity contribution in [1.29, 1.82) is 0 Å². The SMILES string of the molecule is Cc1ccc(CN2CCC(Nc3ncnc4c(C)cccc34)C2=O)cc1. The van der Waals surface area contributed by atoms with Gasteiger partial charge in [-0.1, -0.05) is 42.0 Å². The molecule has 1 atom stereocenters. The fourth-order valence-electron chi connectivity index (χ4n) is 3.46. The van der Waals surface area contributed by atoms with Crippen LogP contribution in [0.15, 0.2) is 48.8 Å². The number of amides is 1. The highest BCUT2D eigenvalue weighted by Crippen LogP contribution is 2.25. The molecule has 2 aromatic carbocycles. The molecule has 1 N–H and O–H groups in total. The smallest absolute Gasteiger partial charge is 0.245 e. The van der Waals surface area contributed by atoms with E-state index in [1.165, 1.54) is 5.56 Å². The van der Waals surface area contributed by atoms with Crippen LogP contribution in [0.5, 0.6) is 0 Å². The molecule has 1 aliphatic heterocycles. The highest BCUT2D eigenvalue weighted by Gasteiger charge is 2.32.